The summed E-state index contributed by atoms with van der Waals surface area (Å²) < 4.78 is 19.3. The van der Waals surface area contributed by atoms with E-state index in [0.717, 1.165) is 12.8 Å². The molecule has 0 bridgehead atoms. The zero-order valence-electron chi connectivity index (χ0n) is 13.1. The van der Waals surface area contributed by atoms with Gasteiger partial charge in [0.15, 0.2) is 0 Å². The van der Waals surface area contributed by atoms with Crippen molar-refractivity contribution in [3.63, 3.8) is 0 Å². The molecule has 1 amide bonds. The number of carbonyl (C=O) groups excluding carboxylic acids is 1. The molecule has 21 heavy (non-hydrogen) atoms. The highest BCUT2D eigenvalue weighted by molar-refractivity contribution is 5.68. The fourth-order valence-corrected chi connectivity index (χ4v) is 2.54. The molecule has 0 N–H and O–H groups in total. The van der Waals surface area contributed by atoms with E-state index in [1.54, 1.807) is 11.8 Å². The summed E-state index contributed by atoms with van der Waals surface area (Å²) in [5, 5.41) is 0. The van der Waals surface area contributed by atoms with E-state index in [9.17, 15) is 9.18 Å². The molecule has 5 heteroatoms. The minimum atomic E-state index is -0.485. The Labute approximate surface area is 125 Å². The molecular formula is C16H23FN2O2. The van der Waals surface area contributed by atoms with Gasteiger partial charge in [0.25, 0.3) is 0 Å². The summed E-state index contributed by atoms with van der Waals surface area (Å²) in [5.41, 5.74) is 0.855. The lowest BCUT2D eigenvalue weighted by Crippen LogP contribution is -2.41. The highest BCUT2D eigenvalue weighted by Crippen LogP contribution is 2.30. The number of hydrogen-bond donors (Lipinski definition) is 0. The molecule has 2 heterocycles. The molecule has 0 spiro atoms. The first kappa shape index (κ1) is 15.7. The van der Waals surface area contributed by atoms with Gasteiger partial charge in [0, 0.05) is 24.3 Å². The number of piperidine rings is 1. The number of likely N-dealkylation sites (tertiary alicyclic amines) is 1. The van der Waals surface area contributed by atoms with Gasteiger partial charge < -0.3 is 9.64 Å². The number of carbonyl (C=O) groups is 1. The second kappa shape index (κ2) is 6.00. The number of amides is 1. The quantitative estimate of drug-likeness (QED) is 0.743. The monoisotopic (exact) mass is 294 g/mol. The summed E-state index contributed by atoms with van der Waals surface area (Å²) in [6, 6.07) is 3.64. The molecule has 1 aromatic heterocycles. The maximum absolute atomic E-state index is 13.9. The molecule has 1 fully saturated rings. The number of rotatable bonds is 1. The van der Waals surface area contributed by atoms with Gasteiger partial charge in [-0.15, -0.1) is 0 Å². The summed E-state index contributed by atoms with van der Waals surface area (Å²) in [6.45, 7) is 8.51. The lowest BCUT2D eigenvalue weighted by Gasteiger charge is -2.33. The van der Waals surface area contributed by atoms with Gasteiger partial charge in [-0.2, -0.15) is 4.39 Å². The fraction of sp³-hybridized carbons (Fsp3) is 0.625. The average Bonchev–Trinajstić information content (AvgIpc) is 2.37. The number of aryl methyl sites for hydroxylation is 1. The number of hydrogen-bond acceptors (Lipinski definition) is 3. The molecule has 1 aliphatic rings. The predicted molar refractivity (Wildman–Crippen MR) is 78.7 cm³/mol. The summed E-state index contributed by atoms with van der Waals surface area (Å²) in [4.78, 5) is 17.6. The van der Waals surface area contributed by atoms with Crippen LogP contribution in [0.4, 0.5) is 9.18 Å². The lowest BCUT2D eigenvalue weighted by molar-refractivity contribution is 0.0204. The van der Waals surface area contributed by atoms with Gasteiger partial charge in [-0.3, -0.25) is 0 Å². The van der Waals surface area contributed by atoms with Crippen molar-refractivity contribution in [1.82, 2.24) is 9.88 Å². The molecule has 0 saturated carbocycles. The molecule has 1 saturated heterocycles. The Bertz CT molecular complexity index is 517. The van der Waals surface area contributed by atoms with Crippen LogP contribution in [0.15, 0.2) is 12.1 Å². The summed E-state index contributed by atoms with van der Waals surface area (Å²) in [6.07, 6.45) is 1.19. The third-order valence-electron chi connectivity index (χ3n) is 3.60. The zero-order chi connectivity index (χ0) is 15.6. The second-order valence-electron chi connectivity index (χ2n) is 6.57. The van der Waals surface area contributed by atoms with E-state index in [0.29, 0.717) is 24.3 Å². The number of nitrogens with zero attached hydrogens (tertiary/aromatic N) is 2. The van der Waals surface area contributed by atoms with Crippen LogP contribution in [0, 0.1) is 12.9 Å². The number of halogens is 1. The van der Waals surface area contributed by atoms with Crippen molar-refractivity contribution in [2.75, 3.05) is 13.1 Å². The number of ether oxygens (including phenoxy) is 1. The van der Waals surface area contributed by atoms with Crippen LogP contribution in [0.2, 0.25) is 0 Å². The van der Waals surface area contributed by atoms with Gasteiger partial charge >= 0.3 is 6.09 Å². The fourth-order valence-electron chi connectivity index (χ4n) is 2.54. The molecule has 0 atom stereocenters. The maximum atomic E-state index is 13.9. The van der Waals surface area contributed by atoms with Crippen LogP contribution in [0.5, 0.6) is 0 Å². The van der Waals surface area contributed by atoms with Gasteiger partial charge in [-0.05, 0) is 52.5 Å². The van der Waals surface area contributed by atoms with E-state index in [4.69, 9.17) is 4.74 Å². The van der Waals surface area contributed by atoms with Crippen LogP contribution >= 0.6 is 0 Å². The van der Waals surface area contributed by atoms with Crippen LogP contribution < -0.4 is 0 Å². The van der Waals surface area contributed by atoms with Crippen molar-refractivity contribution < 1.29 is 13.9 Å². The summed E-state index contributed by atoms with van der Waals surface area (Å²) in [5.74, 6) is -0.262. The average molecular weight is 294 g/mol. The number of aromatic nitrogens is 1. The Hall–Kier alpha value is -1.65. The lowest BCUT2D eigenvalue weighted by atomic mass is 9.90. The highest BCUT2D eigenvalue weighted by Gasteiger charge is 2.28. The van der Waals surface area contributed by atoms with Crippen LogP contribution in [0.1, 0.15) is 50.8 Å². The molecular weight excluding hydrogens is 271 g/mol. The molecule has 0 aliphatic carbocycles. The van der Waals surface area contributed by atoms with Crippen LogP contribution in [-0.4, -0.2) is 34.7 Å². The Balaban J connectivity index is 1.95. The Kier molecular flexibility index (Phi) is 4.49. The van der Waals surface area contributed by atoms with E-state index in [1.165, 1.54) is 0 Å². The summed E-state index contributed by atoms with van der Waals surface area (Å²) in [7, 11) is 0. The first-order valence-electron chi connectivity index (χ1n) is 7.37. The van der Waals surface area contributed by atoms with Crippen molar-refractivity contribution in [3.8, 4) is 0 Å². The normalized spacial score (nSPS) is 16.9. The van der Waals surface area contributed by atoms with Crippen molar-refractivity contribution >= 4 is 6.09 Å². The smallest absolute Gasteiger partial charge is 0.410 e. The molecule has 2 rings (SSSR count). The topological polar surface area (TPSA) is 42.4 Å². The molecule has 0 aromatic carbocycles. The van der Waals surface area contributed by atoms with Crippen LogP contribution in [-0.2, 0) is 4.74 Å². The predicted octanol–water partition coefficient (Wildman–Crippen LogP) is 3.64. The third kappa shape index (κ3) is 4.16. The maximum Gasteiger partial charge on any atom is 0.410 e. The van der Waals surface area contributed by atoms with Crippen molar-refractivity contribution in [2.45, 2.75) is 52.1 Å². The molecule has 0 unspecified atom stereocenters. The van der Waals surface area contributed by atoms with E-state index < -0.39 is 5.60 Å². The highest BCUT2D eigenvalue weighted by atomic mass is 19.1. The van der Waals surface area contributed by atoms with Gasteiger partial charge in [0.2, 0.25) is 5.95 Å². The Morgan fingerprint density at radius 2 is 1.95 bits per heavy atom. The van der Waals surface area contributed by atoms with E-state index >= 15 is 0 Å². The van der Waals surface area contributed by atoms with Gasteiger partial charge in [0.1, 0.15) is 5.60 Å². The molecule has 1 aromatic rings. The van der Waals surface area contributed by atoms with Gasteiger partial charge in [-0.1, -0.05) is 6.07 Å². The van der Waals surface area contributed by atoms with Crippen molar-refractivity contribution in [1.29, 1.82) is 0 Å². The zero-order valence-corrected chi connectivity index (χ0v) is 13.1. The van der Waals surface area contributed by atoms with Crippen LogP contribution in [0.3, 0.4) is 0 Å². The Morgan fingerprint density at radius 1 is 1.33 bits per heavy atom. The summed E-state index contributed by atoms with van der Waals surface area (Å²) >= 11 is 0. The first-order chi connectivity index (χ1) is 9.76. The van der Waals surface area contributed by atoms with Gasteiger partial charge in [-0.25, -0.2) is 9.78 Å². The molecule has 4 nitrogen and oxygen atoms in total. The van der Waals surface area contributed by atoms with E-state index in [-0.39, 0.29) is 18.0 Å². The minimum Gasteiger partial charge on any atom is -0.444 e. The van der Waals surface area contributed by atoms with Gasteiger partial charge in [0.05, 0.1) is 0 Å². The molecule has 1 aliphatic heterocycles. The molecule has 116 valence electrons. The SMILES string of the molecule is Cc1ccc(C2CCN(C(=O)OC(C)(C)C)CC2)c(F)n1. The van der Waals surface area contributed by atoms with E-state index in [1.807, 2.05) is 32.9 Å². The first-order valence-corrected chi connectivity index (χ1v) is 7.37. The second-order valence-corrected chi connectivity index (χ2v) is 6.57. The van der Waals surface area contributed by atoms with Crippen LogP contribution in [0.25, 0.3) is 0 Å². The third-order valence-corrected chi connectivity index (χ3v) is 3.60. The molecule has 0 radical (unpaired) electrons. The largest absolute Gasteiger partial charge is 0.444 e. The standard InChI is InChI=1S/C16H23FN2O2/c1-11-5-6-13(14(17)18-11)12-7-9-19(10-8-12)15(20)21-16(2,3)4/h5-6,12H,7-10H2,1-4H3. The minimum absolute atomic E-state index is 0.122. The van der Waals surface area contributed by atoms with E-state index in [2.05, 4.69) is 4.98 Å². The van der Waals surface area contributed by atoms with Crippen molar-refractivity contribution in [3.05, 3.63) is 29.3 Å². The number of pyridine rings is 1. The van der Waals surface area contributed by atoms with Crippen molar-refractivity contribution in [2.24, 2.45) is 0 Å². The Morgan fingerprint density at radius 3 is 2.48 bits per heavy atom.